The molecule has 0 aliphatic rings. The zero-order chi connectivity index (χ0) is 13.9. The molecule has 0 heterocycles. The molecule has 0 aliphatic heterocycles. The summed E-state index contributed by atoms with van der Waals surface area (Å²) in [5.74, 6) is 1.07. The fourth-order valence-corrected chi connectivity index (χ4v) is 2.12. The van der Waals surface area contributed by atoms with E-state index >= 15 is 0 Å². The summed E-state index contributed by atoms with van der Waals surface area (Å²) in [5.41, 5.74) is 8.05. The van der Waals surface area contributed by atoms with Gasteiger partial charge in [0, 0.05) is 5.54 Å². The molecule has 0 amide bonds. The van der Waals surface area contributed by atoms with E-state index < -0.39 is 5.54 Å². The lowest BCUT2D eigenvalue weighted by Crippen LogP contribution is -2.35. The van der Waals surface area contributed by atoms with E-state index in [9.17, 15) is 5.11 Å². The monoisotopic (exact) mass is 257 g/mol. The Kier molecular flexibility index (Phi) is 3.76. The van der Waals surface area contributed by atoms with Crippen LogP contribution in [0.2, 0.25) is 0 Å². The van der Waals surface area contributed by atoms with Crippen molar-refractivity contribution in [3.8, 4) is 11.5 Å². The lowest BCUT2D eigenvalue weighted by atomic mass is 9.86. The first-order valence-corrected chi connectivity index (χ1v) is 6.22. The van der Waals surface area contributed by atoms with Crippen molar-refractivity contribution in [1.82, 2.24) is 0 Å². The van der Waals surface area contributed by atoms with Gasteiger partial charge < -0.3 is 15.6 Å². The van der Waals surface area contributed by atoms with Crippen LogP contribution < -0.4 is 10.5 Å². The van der Waals surface area contributed by atoms with Crippen LogP contribution in [0.25, 0.3) is 0 Å². The third-order valence-corrected chi connectivity index (χ3v) is 3.24. The highest BCUT2D eigenvalue weighted by atomic mass is 16.5. The van der Waals surface area contributed by atoms with E-state index in [0.29, 0.717) is 6.42 Å². The van der Waals surface area contributed by atoms with E-state index in [-0.39, 0.29) is 5.75 Å². The molecule has 1 atom stereocenters. The molecule has 0 bridgehead atoms. The molecule has 1 unspecified atom stereocenters. The first kappa shape index (κ1) is 13.4. The van der Waals surface area contributed by atoms with Crippen molar-refractivity contribution in [3.05, 3.63) is 59.7 Å². The molecule has 0 saturated heterocycles. The standard InChI is InChI=1S/C16H19NO2/c1-16(17,11-12-6-8-14(18)9-7-12)13-4-3-5-15(10-13)19-2/h3-10,18H,11,17H2,1-2H3. The maximum absolute atomic E-state index is 9.29. The molecule has 2 aromatic rings. The highest BCUT2D eigenvalue weighted by Crippen LogP contribution is 2.26. The molecule has 100 valence electrons. The number of hydrogen-bond acceptors (Lipinski definition) is 3. The average Bonchev–Trinajstić information content (AvgIpc) is 2.41. The fourth-order valence-electron chi connectivity index (χ4n) is 2.12. The zero-order valence-electron chi connectivity index (χ0n) is 11.3. The van der Waals surface area contributed by atoms with Gasteiger partial charge in [0.1, 0.15) is 11.5 Å². The van der Waals surface area contributed by atoms with Gasteiger partial charge in [0.15, 0.2) is 0 Å². The highest BCUT2D eigenvalue weighted by molar-refractivity contribution is 5.35. The third-order valence-electron chi connectivity index (χ3n) is 3.24. The Morgan fingerprint density at radius 1 is 1.16 bits per heavy atom. The van der Waals surface area contributed by atoms with E-state index in [2.05, 4.69) is 0 Å². The molecular weight excluding hydrogens is 238 g/mol. The van der Waals surface area contributed by atoms with Gasteiger partial charge in [-0.2, -0.15) is 0 Å². The lowest BCUT2D eigenvalue weighted by Gasteiger charge is -2.26. The predicted molar refractivity (Wildman–Crippen MR) is 76.3 cm³/mol. The molecule has 3 nitrogen and oxygen atoms in total. The zero-order valence-corrected chi connectivity index (χ0v) is 11.3. The molecule has 3 heteroatoms. The minimum Gasteiger partial charge on any atom is -0.508 e. The molecular formula is C16H19NO2. The second kappa shape index (κ2) is 5.33. The Morgan fingerprint density at radius 3 is 2.47 bits per heavy atom. The van der Waals surface area contributed by atoms with Gasteiger partial charge in [-0.1, -0.05) is 24.3 Å². The topological polar surface area (TPSA) is 55.5 Å². The van der Waals surface area contributed by atoms with Gasteiger partial charge in [-0.05, 0) is 48.7 Å². The van der Waals surface area contributed by atoms with Gasteiger partial charge in [-0.15, -0.1) is 0 Å². The summed E-state index contributed by atoms with van der Waals surface area (Å²) in [6.07, 6.45) is 0.695. The Morgan fingerprint density at radius 2 is 1.84 bits per heavy atom. The molecule has 19 heavy (non-hydrogen) atoms. The van der Waals surface area contributed by atoms with Crippen LogP contribution in [0, 0.1) is 0 Å². The number of nitrogens with two attached hydrogens (primary N) is 1. The van der Waals surface area contributed by atoms with Gasteiger partial charge in [0.2, 0.25) is 0 Å². The number of hydrogen-bond donors (Lipinski definition) is 2. The van der Waals surface area contributed by atoms with Crippen LogP contribution in [0.15, 0.2) is 48.5 Å². The van der Waals surface area contributed by atoms with Crippen molar-refractivity contribution in [3.63, 3.8) is 0 Å². The van der Waals surface area contributed by atoms with Gasteiger partial charge in [0.05, 0.1) is 7.11 Å². The molecule has 0 saturated carbocycles. The maximum Gasteiger partial charge on any atom is 0.119 e. The second-order valence-electron chi connectivity index (χ2n) is 4.99. The van der Waals surface area contributed by atoms with Crippen LogP contribution in [0.3, 0.4) is 0 Å². The summed E-state index contributed by atoms with van der Waals surface area (Å²) >= 11 is 0. The van der Waals surface area contributed by atoms with Crippen LogP contribution >= 0.6 is 0 Å². The van der Waals surface area contributed by atoms with Crippen LogP contribution in [-0.2, 0) is 12.0 Å². The smallest absolute Gasteiger partial charge is 0.119 e. The largest absolute Gasteiger partial charge is 0.508 e. The van der Waals surface area contributed by atoms with Gasteiger partial charge in [-0.25, -0.2) is 0 Å². The SMILES string of the molecule is COc1cccc(C(C)(N)Cc2ccc(O)cc2)c1. The van der Waals surface area contributed by atoms with Crippen molar-refractivity contribution >= 4 is 0 Å². The molecule has 0 aromatic heterocycles. The van der Waals surface area contributed by atoms with Crippen LogP contribution in [0.5, 0.6) is 11.5 Å². The van der Waals surface area contributed by atoms with E-state index in [1.54, 1.807) is 19.2 Å². The third kappa shape index (κ3) is 3.26. The number of methoxy groups -OCH3 is 1. The normalized spacial score (nSPS) is 13.8. The number of benzene rings is 2. The quantitative estimate of drug-likeness (QED) is 0.885. The van der Waals surface area contributed by atoms with Crippen LogP contribution in [-0.4, -0.2) is 12.2 Å². The highest BCUT2D eigenvalue weighted by Gasteiger charge is 2.22. The minimum absolute atomic E-state index is 0.267. The van der Waals surface area contributed by atoms with Crippen LogP contribution in [0.4, 0.5) is 0 Å². The number of rotatable bonds is 4. The molecule has 2 rings (SSSR count). The van der Waals surface area contributed by atoms with Crippen molar-refractivity contribution in [1.29, 1.82) is 0 Å². The van der Waals surface area contributed by atoms with Crippen molar-refractivity contribution in [2.45, 2.75) is 18.9 Å². The first-order chi connectivity index (χ1) is 9.01. The Bertz CT molecular complexity index is 547. The summed E-state index contributed by atoms with van der Waals surface area (Å²) in [6.45, 7) is 1.99. The van der Waals surface area contributed by atoms with Crippen molar-refractivity contribution < 1.29 is 9.84 Å². The summed E-state index contributed by atoms with van der Waals surface area (Å²) in [4.78, 5) is 0. The number of aromatic hydroxyl groups is 1. The lowest BCUT2D eigenvalue weighted by molar-refractivity contribution is 0.410. The second-order valence-corrected chi connectivity index (χ2v) is 4.99. The Hall–Kier alpha value is -2.00. The summed E-state index contributed by atoms with van der Waals surface area (Å²) in [5, 5.41) is 9.29. The summed E-state index contributed by atoms with van der Waals surface area (Å²) < 4.78 is 5.23. The molecule has 0 fully saturated rings. The summed E-state index contributed by atoms with van der Waals surface area (Å²) in [6, 6.07) is 14.9. The number of phenols is 1. The Balaban J connectivity index is 2.23. The molecule has 2 aromatic carbocycles. The predicted octanol–water partition coefficient (Wildman–Crippen LogP) is 2.82. The van der Waals surface area contributed by atoms with Gasteiger partial charge >= 0.3 is 0 Å². The van der Waals surface area contributed by atoms with Gasteiger partial charge in [-0.3, -0.25) is 0 Å². The number of phenolic OH excluding ortho intramolecular Hbond substituents is 1. The molecule has 0 aliphatic carbocycles. The average molecular weight is 257 g/mol. The first-order valence-electron chi connectivity index (χ1n) is 6.22. The van der Waals surface area contributed by atoms with E-state index in [4.69, 9.17) is 10.5 Å². The Labute approximate surface area is 113 Å². The molecule has 3 N–H and O–H groups in total. The summed E-state index contributed by atoms with van der Waals surface area (Å²) in [7, 11) is 1.65. The van der Waals surface area contributed by atoms with Crippen molar-refractivity contribution in [2.75, 3.05) is 7.11 Å². The van der Waals surface area contributed by atoms with E-state index in [1.807, 2.05) is 43.3 Å². The minimum atomic E-state index is -0.481. The van der Waals surface area contributed by atoms with E-state index in [1.165, 1.54) is 0 Å². The van der Waals surface area contributed by atoms with Gasteiger partial charge in [0.25, 0.3) is 0 Å². The molecule has 0 spiro atoms. The fraction of sp³-hybridized carbons (Fsp3) is 0.250. The molecule has 0 radical (unpaired) electrons. The number of ether oxygens (including phenoxy) is 1. The van der Waals surface area contributed by atoms with E-state index in [0.717, 1.165) is 16.9 Å². The maximum atomic E-state index is 9.29. The van der Waals surface area contributed by atoms with Crippen LogP contribution in [0.1, 0.15) is 18.1 Å². The van der Waals surface area contributed by atoms with Crippen molar-refractivity contribution in [2.24, 2.45) is 5.73 Å².